The molecule has 0 aliphatic carbocycles. The zero-order chi connectivity index (χ0) is 13.9. The van der Waals surface area contributed by atoms with Gasteiger partial charge in [-0.05, 0) is 25.3 Å². The topological polar surface area (TPSA) is 22.1 Å². The first kappa shape index (κ1) is 15.1. The third kappa shape index (κ3) is 4.72. The van der Waals surface area contributed by atoms with Gasteiger partial charge in [0.25, 0.3) is 0 Å². The molecule has 0 aliphatic heterocycles. The summed E-state index contributed by atoms with van der Waals surface area (Å²) in [5, 5.41) is -0.225. The SMILES string of the molecule is CC(C)CC(C)Oc1cc(C(F)(F)F)cc(Cl)n1. The molecule has 6 heteroatoms. The molecule has 1 aromatic rings. The van der Waals surface area contributed by atoms with Crippen LogP contribution < -0.4 is 4.74 Å². The van der Waals surface area contributed by atoms with Crippen molar-refractivity contribution in [3.8, 4) is 5.88 Å². The summed E-state index contributed by atoms with van der Waals surface area (Å²) < 4.78 is 43.0. The number of nitrogens with zero attached hydrogens (tertiary/aromatic N) is 1. The average molecular weight is 282 g/mol. The third-order valence-electron chi connectivity index (χ3n) is 2.22. The van der Waals surface area contributed by atoms with Crippen molar-refractivity contribution in [2.45, 2.75) is 39.5 Å². The van der Waals surface area contributed by atoms with E-state index in [2.05, 4.69) is 4.98 Å². The van der Waals surface area contributed by atoms with Crippen molar-refractivity contribution in [1.29, 1.82) is 0 Å². The Kier molecular flexibility index (Phi) is 4.85. The normalized spacial score (nSPS) is 13.8. The molecule has 2 nitrogen and oxygen atoms in total. The maximum absolute atomic E-state index is 12.6. The van der Waals surface area contributed by atoms with Crippen LogP contribution in [0.4, 0.5) is 13.2 Å². The Morgan fingerprint density at radius 1 is 1.28 bits per heavy atom. The molecule has 0 N–H and O–H groups in total. The molecule has 1 heterocycles. The number of ether oxygens (including phenoxy) is 1. The smallest absolute Gasteiger partial charge is 0.416 e. The molecule has 0 aliphatic rings. The molecule has 102 valence electrons. The Labute approximate surface area is 109 Å². The van der Waals surface area contributed by atoms with Gasteiger partial charge in [-0.1, -0.05) is 25.4 Å². The summed E-state index contributed by atoms with van der Waals surface area (Å²) >= 11 is 5.55. The molecule has 0 saturated carbocycles. The highest BCUT2D eigenvalue weighted by Gasteiger charge is 2.32. The van der Waals surface area contributed by atoms with Crippen molar-refractivity contribution in [3.63, 3.8) is 0 Å². The zero-order valence-electron chi connectivity index (χ0n) is 10.4. The fourth-order valence-electron chi connectivity index (χ4n) is 1.61. The number of aromatic nitrogens is 1. The van der Waals surface area contributed by atoms with E-state index in [1.54, 1.807) is 6.92 Å². The summed E-state index contributed by atoms with van der Waals surface area (Å²) in [5.74, 6) is 0.296. The first-order valence-corrected chi connectivity index (χ1v) is 5.97. The molecule has 1 aromatic heterocycles. The van der Waals surface area contributed by atoms with Crippen LogP contribution in [-0.4, -0.2) is 11.1 Å². The minimum atomic E-state index is -4.45. The van der Waals surface area contributed by atoms with Gasteiger partial charge in [0, 0.05) is 6.07 Å². The lowest BCUT2D eigenvalue weighted by Crippen LogP contribution is -2.16. The lowest BCUT2D eigenvalue weighted by atomic mass is 10.1. The minimum Gasteiger partial charge on any atom is -0.475 e. The maximum atomic E-state index is 12.6. The van der Waals surface area contributed by atoms with E-state index < -0.39 is 11.7 Å². The molecular weight excluding hydrogens is 267 g/mol. The molecule has 1 unspecified atom stereocenters. The lowest BCUT2D eigenvalue weighted by molar-refractivity contribution is -0.137. The highest BCUT2D eigenvalue weighted by molar-refractivity contribution is 6.29. The molecule has 0 aromatic carbocycles. The number of pyridine rings is 1. The largest absolute Gasteiger partial charge is 0.475 e. The number of alkyl halides is 3. The summed E-state index contributed by atoms with van der Waals surface area (Å²) in [6.45, 7) is 5.80. The predicted octanol–water partition coefficient (Wildman–Crippen LogP) is 4.57. The Morgan fingerprint density at radius 2 is 1.89 bits per heavy atom. The van der Waals surface area contributed by atoms with E-state index in [0.717, 1.165) is 18.6 Å². The van der Waals surface area contributed by atoms with Crippen molar-refractivity contribution < 1.29 is 17.9 Å². The number of halogens is 4. The van der Waals surface area contributed by atoms with E-state index in [1.165, 1.54) is 0 Å². The van der Waals surface area contributed by atoms with Crippen molar-refractivity contribution in [1.82, 2.24) is 4.98 Å². The highest BCUT2D eigenvalue weighted by Crippen LogP contribution is 2.32. The van der Waals surface area contributed by atoms with Crippen LogP contribution in [0.25, 0.3) is 0 Å². The van der Waals surface area contributed by atoms with E-state index in [9.17, 15) is 13.2 Å². The molecule has 0 radical (unpaired) electrons. The van der Waals surface area contributed by atoms with Crippen LogP contribution in [0.2, 0.25) is 5.15 Å². The number of hydrogen-bond acceptors (Lipinski definition) is 2. The van der Waals surface area contributed by atoms with Crippen molar-refractivity contribution in [3.05, 3.63) is 22.8 Å². The van der Waals surface area contributed by atoms with Crippen molar-refractivity contribution in [2.75, 3.05) is 0 Å². The summed E-state index contributed by atoms with van der Waals surface area (Å²) in [6.07, 6.45) is -3.93. The maximum Gasteiger partial charge on any atom is 0.416 e. The van der Waals surface area contributed by atoms with Crippen LogP contribution in [0.1, 0.15) is 32.8 Å². The van der Waals surface area contributed by atoms with Crippen LogP contribution in [0.3, 0.4) is 0 Å². The molecule has 0 amide bonds. The molecular formula is C12H15ClF3NO. The molecule has 0 fully saturated rings. The van der Waals surface area contributed by atoms with Gasteiger partial charge in [-0.2, -0.15) is 13.2 Å². The average Bonchev–Trinajstić information content (AvgIpc) is 2.13. The molecule has 18 heavy (non-hydrogen) atoms. The molecule has 1 atom stereocenters. The lowest BCUT2D eigenvalue weighted by Gasteiger charge is -2.17. The van der Waals surface area contributed by atoms with Crippen LogP contribution in [-0.2, 0) is 6.18 Å². The van der Waals surface area contributed by atoms with E-state index in [1.807, 2.05) is 13.8 Å². The van der Waals surface area contributed by atoms with Gasteiger partial charge in [0.15, 0.2) is 0 Å². The first-order valence-electron chi connectivity index (χ1n) is 5.60. The van der Waals surface area contributed by atoms with Crippen LogP contribution in [0, 0.1) is 5.92 Å². The fourth-order valence-corrected chi connectivity index (χ4v) is 1.82. The third-order valence-corrected chi connectivity index (χ3v) is 2.42. The Morgan fingerprint density at radius 3 is 2.39 bits per heavy atom. The van der Waals surface area contributed by atoms with Gasteiger partial charge in [-0.25, -0.2) is 4.98 Å². The second-order valence-electron chi connectivity index (χ2n) is 4.57. The minimum absolute atomic E-state index is 0.0945. The number of hydrogen-bond donors (Lipinski definition) is 0. The molecule has 0 saturated heterocycles. The van der Waals surface area contributed by atoms with Gasteiger partial charge in [0.1, 0.15) is 5.15 Å². The monoisotopic (exact) mass is 281 g/mol. The summed E-state index contributed by atoms with van der Waals surface area (Å²) in [7, 11) is 0. The van der Waals surface area contributed by atoms with Crippen LogP contribution in [0.5, 0.6) is 5.88 Å². The molecule has 1 rings (SSSR count). The van der Waals surface area contributed by atoms with Gasteiger partial charge in [0.2, 0.25) is 5.88 Å². The van der Waals surface area contributed by atoms with E-state index in [4.69, 9.17) is 16.3 Å². The fraction of sp³-hybridized carbons (Fsp3) is 0.583. The van der Waals surface area contributed by atoms with Gasteiger partial charge >= 0.3 is 6.18 Å². The van der Waals surface area contributed by atoms with Gasteiger partial charge in [-0.3, -0.25) is 0 Å². The van der Waals surface area contributed by atoms with Crippen LogP contribution >= 0.6 is 11.6 Å². The Balaban J connectivity index is 2.87. The molecule has 0 spiro atoms. The molecule has 0 bridgehead atoms. The Bertz CT molecular complexity index is 407. The second-order valence-corrected chi connectivity index (χ2v) is 4.96. The van der Waals surface area contributed by atoms with E-state index >= 15 is 0 Å². The van der Waals surface area contributed by atoms with Crippen molar-refractivity contribution >= 4 is 11.6 Å². The van der Waals surface area contributed by atoms with E-state index in [-0.39, 0.29) is 17.1 Å². The standard InChI is InChI=1S/C12H15ClF3NO/c1-7(2)4-8(3)18-11-6-9(12(14,15)16)5-10(13)17-11/h5-8H,4H2,1-3H3. The quantitative estimate of drug-likeness (QED) is 0.754. The predicted molar refractivity (Wildman–Crippen MR) is 63.8 cm³/mol. The summed E-state index contributed by atoms with van der Waals surface area (Å²) in [5.41, 5.74) is -0.853. The number of rotatable bonds is 4. The van der Waals surface area contributed by atoms with Gasteiger partial charge in [0.05, 0.1) is 11.7 Å². The second kappa shape index (κ2) is 5.78. The van der Waals surface area contributed by atoms with Crippen LogP contribution in [0.15, 0.2) is 12.1 Å². The highest BCUT2D eigenvalue weighted by atomic mass is 35.5. The zero-order valence-corrected chi connectivity index (χ0v) is 11.1. The van der Waals surface area contributed by atoms with E-state index in [0.29, 0.717) is 5.92 Å². The summed E-state index contributed by atoms with van der Waals surface area (Å²) in [6, 6.07) is 1.64. The van der Waals surface area contributed by atoms with Gasteiger partial charge in [-0.15, -0.1) is 0 Å². The first-order chi connectivity index (χ1) is 8.18. The van der Waals surface area contributed by atoms with Gasteiger partial charge < -0.3 is 4.74 Å². The Hall–Kier alpha value is -0.970. The van der Waals surface area contributed by atoms with Crippen molar-refractivity contribution in [2.24, 2.45) is 5.92 Å². The summed E-state index contributed by atoms with van der Waals surface area (Å²) in [4.78, 5) is 3.74.